The van der Waals surface area contributed by atoms with E-state index in [1.54, 1.807) is 54.6 Å². The molecule has 4 rings (SSSR count). The summed E-state index contributed by atoms with van der Waals surface area (Å²) in [7, 11) is 0. The first kappa shape index (κ1) is 19.7. The minimum absolute atomic E-state index is 0.120. The molecule has 0 bridgehead atoms. The monoisotopic (exact) mass is 426 g/mol. The van der Waals surface area contributed by atoms with Gasteiger partial charge in [-0.1, -0.05) is 30.3 Å². The lowest BCUT2D eigenvalue weighted by atomic mass is 10.1. The van der Waals surface area contributed by atoms with Crippen molar-refractivity contribution in [2.24, 2.45) is 0 Å². The lowest BCUT2D eigenvalue weighted by Gasteiger charge is -2.05. The van der Waals surface area contributed by atoms with Crippen LogP contribution in [0.4, 0.5) is 18.9 Å². The van der Waals surface area contributed by atoms with Gasteiger partial charge in [-0.25, -0.2) is 4.68 Å². The van der Waals surface area contributed by atoms with E-state index in [1.165, 1.54) is 10.7 Å². The highest BCUT2D eigenvalue weighted by Crippen LogP contribution is 2.39. The van der Waals surface area contributed by atoms with Gasteiger partial charge in [0, 0.05) is 11.1 Å². The Morgan fingerprint density at radius 3 is 2.47 bits per heavy atom. The molecule has 4 aromatic rings. The number of halogens is 3. The quantitative estimate of drug-likeness (QED) is 0.473. The molecule has 0 fully saturated rings. The second-order valence-electron chi connectivity index (χ2n) is 6.41. The summed E-state index contributed by atoms with van der Waals surface area (Å²) >= 11 is 0.940. The van der Waals surface area contributed by atoms with Crippen molar-refractivity contribution in [3.05, 3.63) is 76.8 Å². The molecule has 0 aliphatic heterocycles. The number of carbonyl (C=O) groups excluding carboxylic acids is 1. The van der Waals surface area contributed by atoms with Gasteiger partial charge in [0.15, 0.2) is 5.69 Å². The summed E-state index contributed by atoms with van der Waals surface area (Å²) in [6.07, 6.45) is -4.40. The molecule has 1 N–H and O–H groups in total. The van der Waals surface area contributed by atoms with Crippen LogP contribution in [0.25, 0.3) is 15.9 Å². The van der Waals surface area contributed by atoms with Crippen molar-refractivity contribution < 1.29 is 18.0 Å². The van der Waals surface area contributed by atoms with E-state index >= 15 is 0 Å². The molecular formula is C21H13F3N4OS. The molecule has 0 saturated carbocycles. The molecule has 0 atom stereocenters. The zero-order valence-electron chi connectivity index (χ0n) is 15.3. The number of hydrogen-bond donors (Lipinski definition) is 1. The number of alkyl halides is 3. The Bertz CT molecular complexity index is 1250. The first-order chi connectivity index (χ1) is 14.4. The van der Waals surface area contributed by atoms with E-state index in [0.29, 0.717) is 11.4 Å². The summed E-state index contributed by atoms with van der Waals surface area (Å²) in [6.45, 7) is 0. The molecule has 5 nitrogen and oxygen atoms in total. The van der Waals surface area contributed by atoms with Gasteiger partial charge < -0.3 is 5.32 Å². The normalized spacial score (nSPS) is 11.4. The maximum absolute atomic E-state index is 13.5. The summed E-state index contributed by atoms with van der Waals surface area (Å²) in [5.41, 5.74) is 0.729. The van der Waals surface area contributed by atoms with E-state index in [0.717, 1.165) is 16.9 Å². The number of nitrogens with one attached hydrogen (secondary N) is 1. The SMILES string of the molecule is N#CCc1ccc(NC(=O)c2cc3c(C(F)(F)F)nn(-c4ccccc4)c3s2)cc1. The van der Waals surface area contributed by atoms with Crippen LogP contribution in [0.5, 0.6) is 0 Å². The molecule has 30 heavy (non-hydrogen) atoms. The third-order valence-electron chi connectivity index (χ3n) is 4.35. The Morgan fingerprint density at radius 1 is 1.13 bits per heavy atom. The molecule has 9 heteroatoms. The van der Waals surface area contributed by atoms with Crippen molar-refractivity contribution >= 4 is 33.1 Å². The zero-order valence-corrected chi connectivity index (χ0v) is 16.1. The maximum Gasteiger partial charge on any atom is 0.435 e. The van der Waals surface area contributed by atoms with Gasteiger partial charge in [0.1, 0.15) is 4.83 Å². The summed E-state index contributed by atoms with van der Waals surface area (Å²) < 4.78 is 41.7. The van der Waals surface area contributed by atoms with Gasteiger partial charge in [-0.3, -0.25) is 4.79 Å². The smallest absolute Gasteiger partial charge is 0.321 e. The van der Waals surface area contributed by atoms with E-state index in [2.05, 4.69) is 10.4 Å². The number of benzene rings is 2. The number of para-hydroxylation sites is 1. The fourth-order valence-electron chi connectivity index (χ4n) is 2.96. The minimum atomic E-state index is -4.65. The maximum atomic E-state index is 13.5. The van der Waals surface area contributed by atoms with Crippen LogP contribution in [0, 0.1) is 11.3 Å². The van der Waals surface area contributed by atoms with E-state index in [1.807, 2.05) is 6.07 Å². The van der Waals surface area contributed by atoms with E-state index in [4.69, 9.17) is 5.26 Å². The van der Waals surface area contributed by atoms with Gasteiger partial charge in [0.05, 0.1) is 23.1 Å². The van der Waals surface area contributed by atoms with Crippen molar-refractivity contribution in [3.8, 4) is 11.8 Å². The van der Waals surface area contributed by atoms with Gasteiger partial charge in [-0.2, -0.15) is 23.5 Å². The predicted octanol–water partition coefficient (Wildman–Crippen LogP) is 5.42. The van der Waals surface area contributed by atoms with Crippen molar-refractivity contribution in [1.29, 1.82) is 5.26 Å². The van der Waals surface area contributed by atoms with Crippen LogP contribution in [0.3, 0.4) is 0 Å². The fraction of sp³-hybridized carbons (Fsp3) is 0.0952. The second kappa shape index (κ2) is 7.65. The molecule has 1 amide bonds. The van der Waals surface area contributed by atoms with Crippen LogP contribution >= 0.6 is 11.3 Å². The third-order valence-corrected chi connectivity index (χ3v) is 5.46. The summed E-state index contributed by atoms with van der Waals surface area (Å²) in [4.78, 5) is 13.0. The van der Waals surface area contributed by atoms with Gasteiger partial charge >= 0.3 is 6.18 Å². The standard InChI is InChI=1S/C21H13F3N4OS/c22-21(23,24)18-16-12-17(19(29)26-14-8-6-13(7-9-14)10-11-25)30-20(16)28(27-18)15-4-2-1-3-5-15/h1-9,12H,10H2,(H,26,29). The summed E-state index contributed by atoms with van der Waals surface area (Å²) in [5, 5.41) is 15.0. The molecule has 2 aromatic heterocycles. The molecule has 0 aliphatic carbocycles. The average Bonchev–Trinajstić information content (AvgIpc) is 3.29. The van der Waals surface area contributed by atoms with Crippen LogP contribution in [0.1, 0.15) is 20.9 Å². The number of carbonyl (C=O) groups is 1. The Morgan fingerprint density at radius 2 is 1.83 bits per heavy atom. The third kappa shape index (κ3) is 3.77. The highest BCUT2D eigenvalue weighted by molar-refractivity contribution is 7.20. The number of nitriles is 1. The van der Waals surface area contributed by atoms with Crippen molar-refractivity contribution in [2.75, 3.05) is 5.32 Å². The summed E-state index contributed by atoms with van der Waals surface area (Å²) in [5.74, 6) is -0.517. The molecule has 0 unspecified atom stereocenters. The lowest BCUT2D eigenvalue weighted by Crippen LogP contribution is -2.11. The summed E-state index contributed by atoms with van der Waals surface area (Å²) in [6, 6.07) is 18.4. The minimum Gasteiger partial charge on any atom is -0.321 e. The molecule has 0 radical (unpaired) electrons. The Hall–Kier alpha value is -3.64. The van der Waals surface area contributed by atoms with Gasteiger partial charge in [0.2, 0.25) is 0 Å². The Labute approximate surface area is 173 Å². The number of anilines is 1. The van der Waals surface area contributed by atoms with Gasteiger partial charge in [-0.15, -0.1) is 11.3 Å². The van der Waals surface area contributed by atoms with Crippen LogP contribution in [-0.4, -0.2) is 15.7 Å². The number of fused-ring (bicyclic) bond motifs is 1. The van der Waals surface area contributed by atoms with Crippen molar-refractivity contribution in [2.45, 2.75) is 12.6 Å². The molecule has 2 aromatic carbocycles. The second-order valence-corrected chi connectivity index (χ2v) is 7.44. The van der Waals surface area contributed by atoms with Crippen LogP contribution in [-0.2, 0) is 12.6 Å². The van der Waals surface area contributed by atoms with Crippen LogP contribution in [0.15, 0.2) is 60.7 Å². The van der Waals surface area contributed by atoms with Crippen molar-refractivity contribution in [1.82, 2.24) is 9.78 Å². The van der Waals surface area contributed by atoms with Gasteiger partial charge in [0.25, 0.3) is 5.91 Å². The van der Waals surface area contributed by atoms with Crippen LogP contribution < -0.4 is 5.32 Å². The molecule has 150 valence electrons. The highest BCUT2D eigenvalue weighted by atomic mass is 32.1. The Balaban J connectivity index is 1.71. The first-order valence-electron chi connectivity index (χ1n) is 8.79. The number of aromatic nitrogens is 2. The largest absolute Gasteiger partial charge is 0.435 e. The average molecular weight is 426 g/mol. The van der Waals surface area contributed by atoms with Crippen LogP contribution in [0.2, 0.25) is 0 Å². The topological polar surface area (TPSA) is 70.7 Å². The number of rotatable bonds is 4. The number of nitrogens with zero attached hydrogens (tertiary/aromatic N) is 3. The lowest BCUT2D eigenvalue weighted by molar-refractivity contribution is -0.140. The van der Waals surface area contributed by atoms with E-state index in [-0.39, 0.29) is 21.5 Å². The number of thiophene rings is 1. The molecule has 0 spiro atoms. The molecule has 0 aliphatic rings. The van der Waals surface area contributed by atoms with Crippen molar-refractivity contribution in [3.63, 3.8) is 0 Å². The fourth-order valence-corrected chi connectivity index (χ4v) is 3.99. The Kier molecular flexibility index (Phi) is 5.01. The molecule has 2 heterocycles. The molecular weight excluding hydrogens is 413 g/mol. The first-order valence-corrected chi connectivity index (χ1v) is 9.61. The zero-order chi connectivity index (χ0) is 21.3. The van der Waals surface area contributed by atoms with E-state index < -0.39 is 17.8 Å². The molecule has 0 saturated heterocycles. The van der Waals surface area contributed by atoms with E-state index in [9.17, 15) is 18.0 Å². The highest BCUT2D eigenvalue weighted by Gasteiger charge is 2.38. The predicted molar refractivity (Wildman–Crippen MR) is 108 cm³/mol. The number of hydrogen-bond acceptors (Lipinski definition) is 4. The number of amides is 1. The van der Waals surface area contributed by atoms with Gasteiger partial charge in [-0.05, 0) is 35.9 Å².